The van der Waals surface area contributed by atoms with Crippen molar-refractivity contribution in [3.05, 3.63) is 0 Å². The first-order chi connectivity index (χ1) is 6.20. The molecule has 2 atom stereocenters. The lowest BCUT2D eigenvalue weighted by Crippen LogP contribution is -2.58. The Kier molecular flexibility index (Phi) is 1.36. The van der Waals surface area contributed by atoms with E-state index in [-0.39, 0.29) is 5.92 Å². The molecule has 3 aliphatic carbocycles. The zero-order valence-electron chi connectivity index (χ0n) is 7.62. The third-order valence-corrected chi connectivity index (χ3v) is 4.32. The molecule has 4 aliphatic rings. The van der Waals surface area contributed by atoms with Gasteiger partial charge in [0.2, 0.25) is 0 Å². The molecule has 4 fully saturated rings. The smallest absolute Gasteiger partial charge is 0.307 e. The second kappa shape index (κ2) is 2.27. The van der Waals surface area contributed by atoms with Gasteiger partial charge in [0.25, 0.3) is 0 Å². The van der Waals surface area contributed by atoms with Crippen molar-refractivity contribution in [2.24, 2.45) is 17.8 Å². The lowest BCUT2D eigenvalue weighted by molar-refractivity contribution is -0.143. The molecular weight excluding hydrogens is 166 g/mol. The molecule has 0 amide bonds. The summed E-state index contributed by atoms with van der Waals surface area (Å²) in [5.41, 5.74) is 0.386. The van der Waals surface area contributed by atoms with E-state index in [9.17, 15) is 4.79 Å². The van der Waals surface area contributed by atoms with Crippen LogP contribution in [-0.2, 0) is 4.79 Å². The van der Waals surface area contributed by atoms with Crippen LogP contribution in [0.1, 0.15) is 25.7 Å². The Labute approximate surface area is 77.5 Å². The highest BCUT2D eigenvalue weighted by Gasteiger charge is 2.59. The van der Waals surface area contributed by atoms with E-state index < -0.39 is 5.97 Å². The van der Waals surface area contributed by atoms with Crippen LogP contribution in [0, 0.1) is 17.8 Å². The number of aliphatic carboxylic acids is 1. The standard InChI is InChI=1S/C10H15NO2/c12-9(13)7-2-8-1-6-3-10(8,4-6)11-5-7/h6-8,11H,1-5H2,(H,12,13). The lowest BCUT2D eigenvalue weighted by atomic mass is 9.70. The van der Waals surface area contributed by atoms with Crippen LogP contribution >= 0.6 is 0 Å². The van der Waals surface area contributed by atoms with E-state index in [0.29, 0.717) is 18.0 Å². The van der Waals surface area contributed by atoms with Gasteiger partial charge in [0, 0.05) is 12.1 Å². The molecule has 1 aliphatic heterocycles. The van der Waals surface area contributed by atoms with Gasteiger partial charge in [0.05, 0.1) is 5.92 Å². The van der Waals surface area contributed by atoms with E-state index in [1.54, 1.807) is 0 Å². The van der Waals surface area contributed by atoms with Crippen molar-refractivity contribution in [1.29, 1.82) is 0 Å². The predicted molar refractivity (Wildman–Crippen MR) is 47.3 cm³/mol. The second-order valence-corrected chi connectivity index (χ2v) is 5.01. The normalized spacial score (nSPS) is 52.5. The van der Waals surface area contributed by atoms with Crippen molar-refractivity contribution in [1.82, 2.24) is 5.32 Å². The summed E-state index contributed by atoms with van der Waals surface area (Å²) in [6.07, 6.45) is 4.81. The molecule has 1 saturated heterocycles. The molecule has 0 aromatic heterocycles. The van der Waals surface area contributed by atoms with Gasteiger partial charge in [-0.1, -0.05) is 0 Å². The summed E-state index contributed by atoms with van der Waals surface area (Å²) in [7, 11) is 0. The molecule has 13 heavy (non-hydrogen) atoms. The molecule has 0 radical (unpaired) electrons. The Morgan fingerprint density at radius 1 is 1.38 bits per heavy atom. The van der Waals surface area contributed by atoms with Gasteiger partial charge in [0.15, 0.2) is 0 Å². The highest BCUT2D eigenvalue weighted by molar-refractivity contribution is 5.70. The van der Waals surface area contributed by atoms with Crippen LogP contribution < -0.4 is 5.32 Å². The highest BCUT2D eigenvalue weighted by atomic mass is 16.4. The molecule has 1 spiro atoms. The SMILES string of the molecule is O=C(O)C1CNC23CC(CC2C1)C3. The fourth-order valence-corrected chi connectivity index (χ4v) is 3.65. The van der Waals surface area contributed by atoms with Gasteiger partial charge >= 0.3 is 5.97 Å². The molecule has 2 N–H and O–H groups in total. The molecule has 72 valence electrons. The highest BCUT2D eigenvalue weighted by Crippen LogP contribution is 2.58. The molecular formula is C10H15NO2. The maximum absolute atomic E-state index is 10.8. The van der Waals surface area contributed by atoms with E-state index in [4.69, 9.17) is 5.11 Å². The van der Waals surface area contributed by atoms with Crippen LogP contribution in [0.25, 0.3) is 0 Å². The molecule has 3 saturated carbocycles. The molecule has 2 bridgehead atoms. The van der Waals surface area contributed by atoms with Gasteiger partial charge in [0.1, 0.15) is 0 Å². The monoisotopic (exact) mass is 181 g/mol. The first-order valence-corrected chi connectivity index (χ1v) is 5.17. The largest absolute Gasteiger partial charge is 0.481 e. The Balaban J connectivity index is 1.77. The van der Waals surface area contributed by atoms with Crippen LogP contribution in [0.2, 0.25) is 0 Å². The van der Waals surface area contributed by atoms with Crippen LogP contribution in [0.5, 0.6) is 0 Å². The third-order valence-electron chi connectivity index (χ3n) is 4.32. The Hall–Kier alpha value is -0.570. The van der Waals surface area contributed by atoms with Gasteiger partial charge < -0.3 is 10.4 Å². The average molecular weight is 181 g/mol. The number of piperidine rings is 1. The zero-order chi connectivity index (χ0) is 9.05. The number of hydrogen-bond donors (Lipinski definition) is 2. The van der Waals surface area contributed by atoms with Crippen molar-refractivity contribution in [3.8, 4) is 0 Å². The van der Waals surface area contributed by atoms with Crippen molar-refractivity contribution >= 4 is 5.97 Å². The molecule has 0 aromatic rings. The number of nitrogens with one attached hydrogen (secondary N) is 1. The number of carboxylic acids is 1. The van der Waals surface area contributed by atoms with Crippen LogP contribution in [0.4, 0.5) is 0 Å². The van der Waals surface area contributed by atoms with Crippen LogP contribution in [0.15, 0.2) is 0 Å². The van der Waals surface area contributed by atoms with E-state index in [2.05, 4.69) is 5.32 Å². The van der Waals surface area contributed by atoms with Gasteiger partial charge in [-0.05, 0) is 37.5 Å². The van der Waals surface area contributed by atoms with E-state index in [1.807, 2.05) is 0 Å². The van der Waals surface area contributed by atoms with Gasteiger partial charge in [-0.3, -0.25) is 4.79 Å². The topological polar surface area (TPSA) is 49.3 Å². The Bertz CT molecular complexity index is 258. The minimum absolute atomic E-state index is 0.130. The number of hydrogen-bond acceptors (Lipinski definition) is 2. The fraction of sp³-hybridized carbons (Fsp3) is 0.900. The summed E-state index contributed by atoms with van der Waals surface area (Å²) < 4.78 is 0. The van der Waals surface area contributed by atoms with E-state index in [1.165, 1.54) is 19.3 Å². The summed E-state index contributed by atoms with van der Waals surface area (Å²) in [6.45, 7) is 0.693. The molecule has 2 unspecified atom stereocenters. The Morgan fingerprint density at radius 3 is 2.85 bits per heavy atom. The second-order valence-electron chi connectivity index (χ2n) is 5.01. The Morgan fingerprint density at radius 2 is 2.15 bits per heavy atom. The van der Waals surface area contributed by atoms with Crippen molar-refractivity contribution in [3.63, 3.8) is 0 Å². The molecule has 3 nitrogen and oxygen atoms in total. The first kappa shape index (κ1) is 7.80. The summed E-state index contributed by atoms with van der Waals surface area (Å²) in [4.78, 5) is 10.8. The maximum Gasteiger partial charge on any atom is 0.307 e. The fourth-order valence-electron chi connectivity index (χ4n) is 3.65. The van der Waals surface area contributed by atoms with E-state index in [0.717, 1.165) is 12.3 Å². The molecule has 3 heteroatoms. The maximum atomic E-state index is 10.8. The quantitative estimate of drug-likeness (QED) is 0.630. The van der Waals surface area contributed by atoms with Gasteiger partial charge in [-0.25, -0.2) is 0 Å². The van der Waals surface area contributed by atoms with Gasteiger partial charge in [-0.2, -0.15) is 0 Å². The first-order valence-electron chi connectivity index (χ1n) is 5.17. The minimum atomic E-state index is -0.619. The minimum Gasteiger partial charge on any atom is -0.481 e. The summed E-state index contributed by atoms with van der Waals surface area (Å²) in [6, 6.07) is 0. The molecule has 4 rings (SSSR count). The third kappa shape index (κ3) is 0.909. The summed E-state index contributed by atoms with van der Waals surface area (Å²) in [5, 5.41) is 12.4. The van der Waals surface area contributed by atoms with Crippen molar-refractivity contribution in [2.45, 2.75) is 31.2 Å². The lowest BCUT2D eigenvalue weighted by Gasteiger charge is -2.46. The number of carboxylic acid groups (broad SMARTS) is 1. The van der Waals surface area contributed by atoms with Crippen molar-refractivity contribution in [2.75, 3.05) is 6.54 Å². The zero-order valence-corrected chi connectivity index (χ0v) is 7.62. The van der Waals surface area contributed by atoms with Crippen LogP contribution in [0.3, 0.4) is 0 Å². The average Bonchev–Trinajstić information content (AvgIpc) is 2.54. The molecule has 0 aromatic carbocycles. The number of rotatable bonds is 1. The number of carbonyl (C=O) groups is 1. The molecule has 1 heterocycles. The van der Waals surface area contributed by atoms with Crippen molar-refractivity contribution < 1.29 is 9.90 Å². The van der Waals surface area contributed by atoms with E-state index >= 15 is 0 Å². The predicted octanol–water partition coefficient (Wildman–Crippen LogP) is 0.849. The van der Waals surface area contributed by atoms with Crippen LogP contribution in [-0.4, -0.2) is 23.2 Å². The summed E-state index contributed by atoms with van der Waals surface area (Å²) in [5.74, 6) is 0.818. The summed E-state index contributed by atoms with van der Waals surface area (Å²) >= 11 is 0. The van der Waals surface area contributed by atoms with Gasteiger partial charge in [-0.15, -0.1) is 0 Å².